The number of carbonyl (C=O) groups is 1. The van der Waals surface area contributed by atoms with Gasteiger partial charge in [0.15, 0.2) is 5.82 Å². The quantitative estimate of drug-likeness (QED) is 0.466. The molecule has 5 nitrogen and oxygen atoms in total. The van der Waals surface area contributed by atoms with Crippen LogP contribution in [0.5, 0.6) is 0 Å². The standard InChI is InChI=1S/C23H24ClF3N4O/c1-4-6-14(2)16-11-18(24)22(29-12-16)31-10-9-30(13-19(31)32)21(28)20-15(3)7-5-8-17(20)23(25,26)27/h5,7-8,11-12,28H,2,4,6,9-10,13H2,1,3H3. The lowest BCUT2D eigenvalue weighted by Crippen LogP contribution is -2.53. The first kappa shape index (κ1) is 23.8. The first-order valence-corrected chi connectivity index (χ1v) is 10.6. The lowest BCUT2D eigenvalue weighted by atomic mass is 9.99. The van der Waals surface area contributed by atoms with Crippen molar-refractivity contribution in [3.63, 3.8) is 0 Å². The third-order valence-electron chi connectivity index (χ3n) is 5.39. The fourth-order valence-electron chi connectivity index (χ4n) is 3.73. The van der Waals surface area contributed by atoms with Crippen molar-refractivity contribution in [3.05, 3.63) is 64.3 Å². The van der Waals surface area contributed by atoms with E-state index in [1.165, 1.54) is 28.9 Å². The van der Waals surface area contributed by atoms with Crippen molar-refractivity contribution >= 4 is 34.7 Å². The Bertz CT molecular complexity index is 1070. The number of hydrogen-bond donors (Lipinski definition) is 1. The average molecular weight is 465 g/mol. The smallest absolute Gasteiger partial charge is 0.345 e. The van der Waals surface area contributed by atoms with Gasteiger partial charge in [-0.25, -0.2) is 4.98 Å². The van der Waals surface area contributed by atoms with E-state index in [-0.39, 0.29) is 31.0 Å². The zero-order chi connectivity index (χ0) is 23.6. The number of piperazine rings is 1. The van der Waals surface area contributed by atoms with E-state index in [0.29, 0.717) is 16.4 Å². The van der Waals surface area contributed by atoms with Crippen molar-refractivity contribution in [2.24, 2.45) is 0 Å². The van der Waals surface area contributed by atoms with E-state index in [1.54, 1.807) is 12.3 Å². The predicted octanol–water partition coefficient (Wildman–Crippen LogP) is 5.55. The van der Waals surface area contributed by atoms with Gasteiger partial charge in [0.1, 0.15) is 5.84 Å². The number of aromatic nitrogens is 1. The molecule has 1 aromatic carbocycles. The van der Waals surface area contributed by atoms with Crippen molar-refractivity contribution in [2.75, 3.05) is 24.5 Å². The van der Waals surface area contributed by atoms with Gasteiger partial charge in [-0.05, 0) is 42.2 Å². The summed E-state index contributed by atoms with van der Waals surface area (Å²) < 4.78 is 40.4. The number of nitrogens with one attached hydrogen (secondary N) is 1. The molecule has 0 bridgehead atoms. The number of anilines is 1. The zero-order valence-corrected chi connectivity index (χ0v) is 18.6. The highest BCUT2D eigenvalue weighted by atomic mass is 35.5. The number of allylic oxidation sites excluding steroid dienone is 1. The highest BCUT2D eigenvalue weighted by Crippen LogP contribution is 2.34. The minimum absolute atomic E-state index is 0.149. The van der Waals surface area contributed by atoms with Crippen LogP contribution in [0.3, 0.4) is 0 Å². The molecule has 1 saturated heterocycles. The molecule has 1 fully saturated rings. The number of aryl methyl sites for hydroxylation is 1. The van der Waals surface area contributed by atoms with E-state index in [2.05, 4.69) is 11.6 Å². The fourth-order valence-corrected chi connectivity index (χ4v) is 4.00. The Kier molecular flexibility index (Phi) is 6.93. The first-order valence-electron chi connectivity index (χ1n) is 10.2. The lowest BCUT2D eigenvalue weighted by molar-refractivity contribution is -0.137. The van der Waals surface area contributed by atoms with Gasteiger partial charge in [0.25, 0.3) is 0 Å². The number of pyridine rings is 1. The van der Waals surface area contributed by atoms with Crippen LogP contribution in [0.4, 0.5) is 19.0 Å². The highest BCUT2D eigenvalue weighted by molar-refractivity contribution is 6.33. The van der Waals surface area contributed by atoms with Crippen LogP contribution in [0.2, 0.25) is 5.02 Å². The molecule has 0 aliphatic carbocycles. The highest BCUT2D eigenvalue weighted by Gasteiger charge is 2.37. The molecular formula is C23H24ClF3N4O. The Morgan fingerprint density at radius 3 is 2.62 bits per heavy atom. The van der Waals surface area contributed by atoms with Crippen molar-refractivity contribution in [1.29, 1.82) is 5.41 Å². The molecule has 32 heavy (non-hydrogen) atoms. The Morgan fingerprint density at radius 2 is 2.03 bits per heavy atom. The van der Waals surface area contributed by atoms with Gasteiger partial charge in [-0.2, -0.15) is 13.2 Å². The second kappa shape index (κ2) is 9.32. The van der Waals surface area contributed by atoms with Crippen LogP contribution in [0.1, 0.15) is 42.0 Å². The topological polar surface area (TPSA) is 60.3 Å². The third kappa shape index (κ3) is 4.80. The summed E-state index contributed by atoms with van der Waals surface area (Å²) >= 11 is 6.38. The van der Waals surface area contributed by atoms with Crippen LogP contribution in [0, 0.1) is 12.3 Å². The van der Waals surface area contributed by atoms with E-state index in [4.69, 9.17) is 17.0 Å². The summed E-state index contributed by atoms with van der Waals surface area (Å²) in [5.74, 6) is -0.422. The molecule has 2 aromatic rings. The van der Waals surface area contributed by atoms with Crippen LogP contribution in [-0.4, -0.2) is 41.3 Å². The summed E-state index contributed by atoms with van der Waals surface area (Å²) in [6.07, 6.45) is -1.25. The van der Waals surface area contributed by atoms with Gasteiger partial charge in [0, 0.05) is 24.8 Å². The second-order valence-corrected chi connectivity index (χ2v) is 8.10. The maximum Gasteiger partial charge on any atom is 0.417 e. The van der Waals surface area contributed by atoms with Crippen LogP contribution >= 0.6 is 11.6 Å². The van der Waals surface area contributed by atoms with Crippen LogP contribution in [-0.2, 0) is 11.0 Å². The lowest BCUT2D eigenvalue weighted by Gasteiger charge is -2.36. The molecule has 0 unspecified atom stereocenters. The molecule has 9 heteroatoms. The third-order valence-corrected chi connectivity index (χ3v) is 5.67. The van der Waals surface area contributed by atoms with Crippen molar-refractivity contribution in [1.82, 2.24) is 9.88 Å². The molecule has 1 N–H and O–H groups in total. The van der Waals surface area contributed by atoms with Gasteiger partial charge in [-0.3, -0.25) is 15.1 Å². The minimum atomic E-state index is -4.60. The minimum Gasteiger partial charge on any atom is -0.345 e. The summed E-state index contributed by atoms with van der Waals surface area (Å²) in [7, 11) is 0. The Balaban J connectivity index is 1.81. The van der Waals surface area contributed by atoms with E-state index in [0.717, 1.165) is 30.0 Å². The number of amides is 1. The first-order chi connectivity index (χ1) is 15.0. The molecule has 0 spiro atoms. The molecule has 0 atom stereocenters. The monoisotopic (exact) mass is 464 g/mol. The molecule has 170 valence electrons. The molecule has 1 aromatic heterocycles. The number of halogens is 4. The molecule has 1 aliphatic rings. The van der Waals surface area contributed by atoms with Crippen molar-refractivity contribution < 1.29 is 18.0 Å². The van der Waals surface area contributed by atoms with Gasteiger partial charge < -0.3 is 4.90 Å². The Hall–Kier alpha value is -2.87. The summed E-state index contributed by atoms with van der Waals surface area (Å²) in [5.41, 5.74) is 0.929. The van der Waals surface area contributed by atoms with Crippen molar-refractivity contribution in [2.45, 2.75) is 32.9 Å². The molecular weight excluding hydrogens is 441 g/mol. The van der Waals surface area contributed by atoms with Gasteiger partial charge in [0.2, 0.25) is 5.91 Å². The van der Waals surface area contributed by atoms with Crippen LogP contribution in [0.25, 0.3) is 5.57 Å². The predicted molar refractivity (Wildman–Crippen MR) is 120 cm³/mol. The maximum absolute atomic E-state index is 13.5. The number of nitrogens with zero attached hydrogens (tertiary/aromatic N) is 3. The summed E-state index contributed by atoms with van der Waals surface area (Å²) in [6.45, 7) is 7.66. The molecule has 1 aliphatic heterocycles. The Labute approximate surface area is 190 Å². The van der Waals surface area contributed by atoms with E-state index < -0.39 is 17.6 Å². The average Bonchev–Trinajstić information content (AvgIpc) is 2.73. The molecule has 3 rings (SSSR count). The number of benzene rings is 1. The number of carbonyl (C=O) groups excluding carboxylic acids is 1. The van der Waals surface area contributed by atoms with Gasteiger partial charge in [-0.15, -0.1) is 0 Å². The van der Waals surface area contributed by atoms with E-state index in [1.807, 2.05) is 6.92 Å². The maximum atomic E-state index is 13.5. The van der Waals surface area contributed by atoms with Crippen LogP contribution in [0.15, 0.2) is 37.0 Å². The van der Waals surface area contributed by atoms with Crippen LogP contribution < -0.4 is 4.90 Å². The zero-order valence-electron chi connectivity index (χ0n) is 17.9. The number of amidine groups is 1. The summed E-state index contributed by atoms with van der Waals surface area (Å²) in [4.78, 5) is 19.9. The van der Waals surface area contributed by atoms with Gasteiger partial charge >= 0.3 is 6.18 Å². The number of rotatable bonds is 5. The molecule has 0 saturated carbocycles. The van der Waals surface area contributed by atoms with Crippen molar-refractivity contribution in [3.8, 4) is 0 Å². The fraction of sp³-hybridized carbons (Fsp3) is 0.348. The van der Waals surface area contributed by atoms with E-state index in [9.17, 15) is 18.0 Å². The van der Waals surface area contributed by atoms with Gasteiger partial charge in [0.05, 0.1) is 17.1 Å². The molecule has 2 heterocycles. The summed E-state index contributed by atoms with van der Waals surface area (Å²) in [6, 6.07) is 5.50. The molecule has 0 radical (unpaired) electrons. The normalized spacial score (nSPS) is 14.6. The number of alkyl halides is 3. The van der Waals surface area contributed by atoms with E-state index >= 15 is 0 Å². The largest absolute Gasteiger partial charge is 0.417 e. The number of hydrogen-bond acceptors (Lipinski definition) is 3. The second-order valence-electron chi connectivity index (χ2n) is 7.69. The Morgan fingerprint density at radius 1 is 1.31 bits per heavy atom. The summed E-state index contributed by atoms with van der Waals surface area (Å²) in [5, 5.41) is 8.71. The van der Waals surface area contributed by atoms with Gasteiger partial charge in [-0.1, -0.05) is 43.7 Å². The molecule has 1 amide bonds. The SMILES string of the molecule is C=C(CCC)c1cnc(N2CCN(C(=N)c3c(C)cccc3C(F)(F)F)CC2=O)c(Cl)c1.